The lowest BCUT2D eigenvalue weighted by molar-refractivity contribution is -0.193. The first-order valence-electron chi connectivity index (χ1n) is 12.2. The Balaban J connectivity index is 0.000000402. The number of hydrogen-bond acceptors (Lipinski definition) is 9. The third-order valence-corrected chi connectivity index (χ3v) is 6.97. The summed E-state index contributed by atoms with van der Waals surface area (Å²) in [6.45, 7) is 5.72. The third-order valence-electron chi connectivity index (χ3n) is 6.17. The summed E-state index contributed by atoms with van der Waals surface area (Å²) in [5.41, 5.74) is 3.12. The predicted octanol–water partition coefficient (Wildman–Crippen LogP) is 4.89. The molecule has 12 nitrogen and oxygen atoms in total. The molecule has 2 unspecified atom stereocenters. The van der Waals surface area contributed by atoms with Crippen LogP contribution < -0.4 is 10.1 Å². The molecule has 3 aromatic rings. The van der Waals surface area contributed by atoms with Crippen LogP contribution in [0, 0.1) is 0 Å². The first-order valence-corrected chi connectivity index (χ1v) is 13.0. The lowest BCUT2D eigenvalue weighted by atomic mass is 9.87. The van der Waals surface area contributed by atoms with Crippen molar-refractivity contribution >= 4 is 52.1 Å². The molecule has 1 fully saturated rings. The molecular weight excluding hydrogens is 653 g/mol. The summed E-state index contributed by atoms with van der Waals surface area (Å²) >= 11 is 13.1. The van der Waals surface area contributed by atoms with E-state index in [-0.39, 0.29) is 24.6 Å². The number of aliphatic hydroxyl groups is 1. The van der Waals surface area contributed by atoms with Crippen molar-refractivity contribution in [2.24, 2.45) is 0 Å². The van der Waals surface area contributed by atoms with Gasteiger partial charge in [-0.05, 0) is 19.9 Å². The van der Waals surface area contributed by atoms with Crippen LogP contribution >= 0.6 is 23.2 Å². The average molecular weight is 679 g/mol. The Hall–Kier alpha value is -3.61. The van der Waals surface area contributed by atoms with E-state index in [9.17, 15) is 31.4 Å². The molecule has 0 amide bonds. The van der Waals surface area contributed by atoms with Crippen molar-refractivity contribution in [1.82, 2.24) is 24.8 Å². The number of nitrogens with zero attached hydrogens (tertiary/aromatic N) is 4. The second kappa shape index (κ2) is 14.9. The number of benzene rings is 1. The number of ether oxygens (including phenoxy) is 1. The Labute approximate surface area is 255 Å². The maximum atomic E-state index is 10.6. The quantitative estimate of drug-likeness (QED) is 0.215. The minimum absolute atomic E-state index is 0.111. The van der Waals surface area contributed by atoms with Crippen molar-refractivity contribution in [1.29, 1.82) is 0 Å². The summed E-state index contributed by atoms with van der Waals surface area (Å²) in [5, 5.41) is 28.1. The summed E-state index contributed by atoms with van der Waals surface area (Å²) in [7, 11) is 1.64. The number of imidazole rings is 1. The van der Waals surface area contributed by atoms with Gasteiger partial charge in [-0.25, -0.2) is 24.5 Å². The zero-order chi connectivity index (χ0) is 33.6. The normalized spacial score (nSPS) is 15.2. The third kappa shape index (κ3) is 9.20. The molecule has 44 heavy (non-hydrogen) atoms. The summed E-state index contributed by atoms with van der Waals surface area (Å²) < 4.78 is 69.3. The fraction of sp³-hybridized carbons (Fsp3) is 0.458. The smallest absolute Gasteiger partial charge is 0.490 e. The number of nitrogens with one attached hydrogen (secondary N) is 2. The molecular formula is C24H26Cl2F6N6O6. The van der Waals surface area contributed by atoms with E-state index in [4.69, 9.17) is 47.7 Å². The molecule has 0 radical (unpaired) electrons. The van der Waals surface area contributed by atoms with Crippen LogP contribution in [0.2, 0.25) is 10.0 Å². The number of aromatic amines is 1. The van der Waals surface area contributed by atoms with Gasteiger partial charge in [-0.2, -0.15) is 26.3 Å². The highest BCUT2D eigenvalue weighted by molar-refractivity contribution is 6.42. The highest BCUT2D eigenvalue weighted by Crippen LogP contribution is 2.46. The summed E-state index contributed by atoms with van der Waals surface area (Å²) in [4.78, 5) is 35.7. The Kier molecular flexibility index (Phi) is 12.4. The average Bonchev–Trinajstić information content (AvgIpc) is 3.39. The molecule has 2 atom stereocenters. The van der Waals surface area contributed by atoms with Gasteiger partial charge in [0.15, 0.2) is 11.5 Å². The summed E-state index contributed by atoms with van der Waals surface area (Å²) in [6.07, 6.45) is -7.11. The van der Waals surface area contributed by atoms with Crippen LogP contribution in [0.15, 0.2) is 18.7 Å². The number of halogens is 8. The molecule has 1 aliphatic heterocycles. The number of H-pyrrole nitrogens is 1. The van der Waals surface area contributed by atoms with E-state index in [2.05, 4.69) is 30.2 Å². The van der Waals surface area contributed by atoms with Crippen LogP contribution in [0.5, 0.6) is 5.75 Å². The highest BCUT2D eigenvalue weighted by Gasteiger charge is 2.39. The van der Waals surface area contributed by atoms with Crippen LogP contribution in [0.1, 0.15) is 36.9 Å². The fourth-order valence-electron chi connectivity index (χ4n) is 3.89. The first-order chi connectivity index (χ1) is 20.3. The SMILES string of the molecule is COc1c(C(C)Nc2ncnc3nc[nH]c23)cc(Cl)c(Cl)c1C1CN(C(C)CO)C1.O=C(O)C(F)(F)F.O=C(O)C(F)(F)F. The van der Waals surface area contributed by atoms with Crippen molar-refractivity contribution in [3.8, 4) is 5.75 Å². The second-order valence-corrected chi connectivity index (χ2v) is 9.97. The summed E-state index contributed by atoms with van der Waals surface area (Å²) in [5.74, 6) is -3.96. The van der Waals surface area contributed by atoms with Crippen LogP contribution in [0.25, 0.3) is 11.2 Å². The molecule has 0 spiro atoms. The predicted molar refractivity (Wildman–Crippen MR) is 145 cm³/mol. The van der Waals surface area contributed by atoms with E-state index in [0.717, 1.165) is 35.5 Å². The van der Waals surface area contributed by atoms with Gasteiger partial charge in [0, 0.05) is 36.2 Å². The molecule has 1 aliphatic rings. The van der Waals surface area contributed by atoms with Gasteiger partial charge in [0.05, 0.1) is 36.1 Å². The van der Waals surface area contributed by atoms with E-state index in [1.54, 1.807) is 13.4 Å². The molecule has 5 N–H and O–H groups in total. The Bertz CT molecular complexity index is 1430. The maximum Gasteiger partial charge on any atom is 0.490 e. The van der Waals surface area contributed by atoms with Crippen molar-refractivity contribution in [3.63, 3.8) is 0 Å². The Morgan fingerprint density at radius 2 is 1.64 bits per heavy atom. The van der Waals surface area contributed by atoms with Gasteiger partial charge in [-0.15, -0.1) is 0 Å². The number of fused-ring (bicyclic) bond motifs is 1. The van der Waals surface area contributed by atoms with Gasteiger partial charge in [-0.1, -0.05) is 23.2 Å². The highest BCUT2D eigenvalue weighted by atomic mass is 35.5. The number of aliphatic hydroxyl groups excluding tert-OH is 1. The lowest BCUT2D eigenvalue weighted by Gasteiger charge is -2.43. The number of methoxy groups -OCH3 is 1. The van der Waals surface area contributed by atoms with Gasteiger partial charge < -0.3 is 30.4 Å². The molecule has 1 aromatic carbocycles. The van der Waals surface area contributed by atoms with E-state index < -0.39 is 24.3 Å². The summed E-state index contributed by atoms with van der Waals surface area (Å²) in [6, 6.07) is 1.78. The van der Waals surface area contributed by atoms with Crippen LogP contribution in [-0.2, 0) is 9.59 Å². The largest absolute Gasteiger partial charge is 0.496 e. The van der Waals surface area contributed by atoms with E-state index >= 15 is 0 Å². The van der Waals surface area contributed by atoms with E-state index in [1.165, 1.54) is 6.33 Å². The number of carboxylic acid groups (broad SMARTS) is 2. The number of aliphatic carboxylic acids is 2. The number of rotatable bonds is 7. The number of anilines is 1. The molecule has 4 rings (SSSR count). The minimum Gasteiger partial charge on any atom is -0.496 e. The second-order valence-electron chi connectivity index (χ2n) is 9.19. The number of alkyl halides is 6. The van der Waals surface area contributed by atoms with Crippen LogP contribution in [0.4, 0.5) is 32.2 Å². The van der Waals surface area contributed by atoms with Crippen molar-refractivity contribution < 1.29 is 56.0 Å². The van der Waals surface area contributed by atoms with Gasteiger partial charge in [0.25, 0.3) is 0 Å². The fourth-order valence-corrected chi connectivity index (χ4v) is 4.41. The zero-order valence-electron chi connectivity index (χ0n) is 23.0. The van der Waals surface area contributed by atoms with Crippen LogP contribution in [-0.4, -0.2) is 97.3 Å². The van der Waals surface area contributed by atoms with Crippen molar-refractivity contribution in [3.05, 3.63) is 39.9 Å². The molecule has 0 saturated carbocycles. The Morgan fingerprint density at radius 3 is 2.11 bits per heavy atom. The maximum absolute atomic E-state index is 10.6. The van der Waals surface area contributed by atoms with Gasteiger partial charge >= 0.3 is 24.3 Å². The lowest BCUT2D eigenvalue weighted by Crippen LogP contribution is -2.51. The number of carbonyl (C=O) groups is 2. The first kappa shape index (κ1) is 36.6. The number of aromatic nitrogens is 4. The van der Waals surface area contributed by atoms with E-state index in [0.29, 0.717) is 21.5 Å². The zero-order valence-corrected chi connectivity index (χ0v) is 24.5. The monoisotopic (exact) mass is 678 g/mol. The number of likely N-dealkylation sites (tertiary alicyclic amines) is 1. The van der Waals surface area contributed by atoms with Gasteiger partial charge in [0.1, 0.15) is 17.6 Å². The van der Waals surface area contributed by atoms with Crippen molar-refractivity contribution in [2.75, 3.05) is 32.1 Å². The Morgan fingerprint density at radius 1 is 1.09 bits per heavy atom. The standard InChI is InChI=1S/C20H24Cl2N6O2.2C2HF3O2/c1-10(7-29)28-5-12(6-28)15-16(22)14(21)4-13(18(15)30-3)11(2)27-20-17-19(24-8-23-17)25-9-26-20;2*3-2(4,5)1(6)7/h4,8-12,29H,5-7H2,1-3H3,(H2,23,24,25,26,27);2*(H,6,7). The number of hydrogen-bond donors (Lipinski definition) is 5. The molecule has 0 bridgehead atoms. The molecule has 3 heterocycles. The number of carboxylic acids is 2. The van der Waals surface area contributed by atoms with E-state index in [1.807, 2.05) is 19.9 Å². The minimum atomic E-state index is -5.08. The van der Waals surface area contributed by atoms with Gasteiger partial charge in [-0.3, -0.25) is 4.90 Å². The topological polar surface area (TPSA) is 174 Å². The van der Waals surface area contributed by atoms with Gasteiger partial charge in [0.2, 0.25) is 0 Å². The molecule has 244 valence electrons. The van der Waals surface area contributed by atoms with Crippen LogP contribution in [0.3, 0.4) is 0 Å². The molecule has 1 saturated heterocycles. The molecule has 0 aliphatic carbocycles. The van der Waals surface area contributed by atoms with Crippen molar-refractivity contribution in [2.45, 2.75) is 44.2 Å². The molecule has 2 aromatic heterocycles. The molecule has 20 heteroatoms.